The third-order valence-electron chi connectivity index (χ3n) is 4.89. The molecule has 3 heterocycles. The second-order valence-electron chi connectivity index (χ2n) is 7.05. The minimum atomic E-state index is 0.126. The summed E-state index contributed by atoms with van der Waals surface area (Å²) in [7, 11) is 2.12. The topological polar surface area (TPSA) is 28.2 Å². The lowest BCUT2D eigenvalue weighted by Crippen LogP contribution is -2.52. The Hall–Kier alpha value is -0.450. The van der Waals surface area contributed by atoms with Crippen molar-refractivity contribution in [1.82, 2.24) is 15.2 Å². The summed E-state index contributed by atoms with van der Waals surface area (Å²) in [4.78, 5) is 7.60. The highest BCUT2D eigenvalue weighted by Crippen LogP contribution is 2.44. The summed E-state index contributed by atoms with van der Waals surface area (Å²) in [5.41, 5.74) is 1.52. The average molecular weight is 279 g/mol. The number of piperidine rings is 1. The van der Waals surface area contributed by atoms with E-state index in [9.17, 15) is 0 Å². The molecule has 3 unspecified atom stereocenters. The van der Waals surface area contributed by atoms with Gasteiger partial charge in [0.15, 0.2) is 0 Å². The van der Waals surface area contributed by atoms with E-state index in [1.54, 1.807) is 0 Å². The summed E-state index contributed by atoms with van der Waals surface area (Å²) in [6.07, 6.45) is 2.51. The van der Waals surface area contributed by atoms with Gasteiger partial charge in [-0.25, -0.2) is 4.98 Å². The van der Waals surface area contributed by atoms with Gasteiger partial charge in [0.1, 0.15) is 5.01 Å². The van der Waals surface area contributed by atoms with Crippen LogP contribution in [0.5, 0.6) is 0 Å². The van der Waals surface area contributed by atoms with Gasteiger partial charge in [0.2, 0.25) is 0 Å². The van der Waals surface area contributed by atoms with E-state index in [1.807, 2.05) is 11.3 Å². The van der Waals surface area contributed by atoms with Gasteiger partial charge in [0.05, 0.1) is 11.2 Å². The Labute approximate surface area is 120 Å². The summed E-state index contributed by atoms with van der Waals surface area (Å²) in [5.74, 6) is 0.727. The van der Waals surface area contributed by atoms with Gasteiger partial charge >= 0.3 is 0 Å². The van der Waals surface area contributed by atoms with Crippen molar-refractivity contribution in [2.45, 2.75) is 44.6 Å². The zero-order valence-corrected chi connectivity index (χ0v) is 13.3. The third-order valence-corrected chi connectivity index (χ3v) is 5.91. The molecule has 2 saturated heterocycles. The van der Waals surface area contributed by atoms with Gasteiger partial charge in [0.25, 0.3) is 0 Å². The number of nitrogens with zero attached hydrogens (tertiary/aromatic N) is 2. The van der Waals surface area contributed by atoms with Crippen LogP contribution in [0.4, 0.5) is 0 Å². The lowest BCUT2D eigenvalue weighted by atomic mass is 9.79. The summed E-state index contributed by atoms with van der Waals surface area (Å²) < 4.78 is 0. The Balaban J connectivity index is 1.96. The van der Waals surface area contributed by atoms with Gasteiger partial charge in [-0.3, -0.25) is 0 Å². The van der Waals surface area contributed by atoms with Crippen LogP contribution in [0.1, 0.15) is 44.3 Å². The third kappa shape index (κ3) is 2.14. The maximum atomic E-state index is 5.00. The first-order valence-electron chi connectivity index (χ1n) is 7.33. The van der Waals surface area contributed by atoms with Gasteiger partial charge < -0.3 is 10.2 Å². The molecular weight excluding hydrogens is 254 g/mol. The number of hydrogen-bond donors (Lipinski definition) is 1. The van der Waals surface area contributed by atoms with Crippen LogP contribution in [0.25, 0.3) is 0 Å². The SMILES string of the molecule is CNC1(c2nc(C(C)(C)C)cs2)CCN2CCC1C2. The van der Waals surface area contributed by atoms with Crippen molar-refractivity contribution in [3.63, 3.8) is 0 Å². The Morgan fingerprint density at radius 3 is 2.84 bits per heavy atom. The molecule has 1 N–H and O–H groups in total. The van der Waals surface area contributed by atoms with E-state index < -0.39 is 0 Å². The quantitative estimate of drug-likeness (QED) is 0.902. The molecule has 3 rings (SSSR count). The number of nitrogens with one attached hydrogen (secondary N) is 1. The molecule has 1 aromatic heterocycles. The van der Waals surface area contributed by atoms with E-state index in [0.29, 0.717) is 0 Å². The van der Waals surface area contributed by atoms with Crippen LogP contribution in [-0.2, 0) is 11.0 Å². The van der Waals surface area contributed by atoms with Crippen molar-refractivity contribution < 1.29 is 0 Å². The van der Waals surface area contributed by atoms with Crippen molar-refractivity contribution in [3.05, 3.63) is 16.1 Å². The first-order valence-corrected chi connectivity index (χ1v) is 8.21. The normalized spacial score (nSPS) is 34.7. The first-order chi connectivity index (χ1) is 8.95. The van der Waals surface area contributed by atoms with E-state index in [-0.39, 0.29) is 11.0 Å². The molecule has 3 nitrogen and oxygen atoms in total. The zero-order valence-electron chi connectivity index (χ0n) is 12.5. The van der Waals surface area contributed by atoms with E-state index in [4.69, 9.17) is 4.98 Å². The second kappa shape index (κ2) is 4.54. The maximum absolute atomic E-state index is 5.00. The van der Waals surface area contributed by atoms with Gasteiger partial charge in [-0.1, -0.05) is 20.8 Å². The molecule has 2 fully saturated rings. The number of hydrogen-bond acceptors (Lipinski definition) is 4. The van der Waals surface area contributed by atoms with E-state index in [1.165, 1.54) is 43.2 Å². The molecular formula is C15H25N3S. The van der Waals surface area contributed by atoms with Crippen LogP contribution in [0.2, 0.25) is 0 Å². The van der Waals surface area contributed by atoms with Gasteiger partial charge in [-0.15, -0.1) is 11.3 Å². The molecule has 19 heavy (non-hydrogen) atoms. The van der Waals surface area contributed by atoms with E-state index >= 15 is 0 Å². The van der Waals surface area contributed by atoms with E-state index in [0.717, 1.165) is 5.92 Å². The average Bonchev–Trinajstić information content (AvgIpc) is 2.98. The summed E-state index contributed by atoms with van der Waals surface area (Å²) in [5, 5.41) is 7.22. The highest BCUT2D eigenvalue weighted by Gasteiger charge is 2.48. The molecule has 0 radical (unpaired) electrons. The molecule has 1 aromatic rings. The van der Waals surface area contributed by atoms with Crippen LogP contribution < -0.4 is 5.32 Å². The molecule has 2 aliphatic rings. The number of aromatic nitrogens is 1. The van der Waals surface area contributed by atoms with Crippen molar-refractivity contribution in [2.75, 3.05) is 26.7 Å². The van der Waals surface area contributed by atoms with Crippen LogP contribution in [-0.4, -0.2) is 36.6 Å². The summed E-state index contributed by atoms with van der Waals surface area (Å²) in [6, 6.07) is 0. The van der Waals surface area contributed by atoms with Crippen molar-refractivity contribution in [2.24, 2.45) is 5.92 Å². The largest absolute Gasteiger partial charge is 0.308 e. The van der Waals surface area contributed by atoms with Gasteiger partial charge in [-0.2, -0.15) is 0 Å². The predicted molar refractivity (Wildman–Crippen MR) is 80.7 cm³/mol. The Morgan fingerprint density at radius 2 is 2.21 bits per heavy atom. The monoisotopic (exact) mass is 279 g/mol. The molecule has 0 aliphatic carbocycles. The highest BCUT2D eigenvalue weighted by atomic mass is 32.1. The Morgan fingerprint density at radius 1 is 1.42 bits per heavy atom. The molecule has 0 amide bonds. The summed E-state index contributed by atoms with van der Waals surface area (Å²) in [6.45, 7) is 10.5. The molecule has 3 atom stereocenters. The van der Waals surface area contributed by atoms with Crippen LogP contribution in [0.15, 0.2) is 5.38 Å². The van der Waals surface area contributed by atoms with Crippen molar-refractivity contribution in [3.8, 4) is 0 Å². The summed E-state index contributed by atoms with van der Waals surface area (Å²) >= 11 is 1.85. The fourth-order valence-electron chi connectivity index (χ4n) is 3.52. The smallest absolute Gasteiger partial charge is 0.113 e. The predicted octanol–water partition coefficient (Wildman–Crippen LogP) is 2.58. The Kier molecular flexibility index (Phi) is 3.23. The number of thiazole rings is 1. The van der Waals surface area contributed by atoms with Crippen molar-refractivity contribution >= 4 is 11.3 Å². The second-order valence-corrected chi connectivity index (χ2v) is 7.90. The molecule has 2 bridgehead atoms. The van der Waals surface area contributed by atoms with E-state index in [2.05, 4.69) is 43.4 Å². The zero-order chi connectivity index (χ0) is 13.7. The molecule has 4 heteroatoms. The standard InChI is InChI=1S/C15H25N3S/c1-14(2,3)12-10-19-13(17-12)15(16-4)6-8-18-7-5-11(15)9-18/h10-11,16H,5-9H2,1-4H3. The maximum Gasteiger partial charge on any atom is 0.113 e. The minimum Gasteiger partial charge on any atom is -0.308 e. The lowest BCUT2D eigenvalue weighted by Gasteiger charge is -2.41. The Bertz CT molecular complexity index is 462. The molecule has 0 aromatic carbocycles. The highest BCUT2D eigenvalue weighted by molar-refractivity contribution is 7.09. The molecule has 0 spiro atoms. The fourth-order valence-corrected chi connectivity index (χ4v) is 4.88. The molecule has 106 valence electrons. The van der Waals surface area contributed by atoms with Crippen LogP contribution in [0.3, 0.4) is 0 Å². The van der Waals surface area contributed by atoms with Gasteiger partial charge in [0, 0.05) is 23.9 Å². The molecule has 2 aliphatic heterocycles. The van der Waals surface area contributed by atoms with Crippen molar-refractivity contribution in [1.29, 1.82) is 0 Å². The van der Waals surface area contributed by atoms with Crippen LogP contribution in [0, 0.1) is 5.92 Å². The lowest BCUT2D eigenvalue weighted by molar-refractivity contribution is 0.137. The number of fused-ring (bicyclic) bond motifs is 2. The van der Waals surface area contributed by atoms with Crippen LogP contribution >= 0.6 is 11.3 Å². The fraction of sp³-hybridized carbons (Fsp3) is 0.800. The minimum absolute atomic E-state index is 0.126. The molecule has 0 saturated carbocycles. The number of rotatable bonds is 2. The van der Waals surface area contributed by atoms with Gasteiger partial charge in [-0.05, 0) is 32.4 Å². The first kappa shape index (κ1) is 13.5.